The Morgan fingerprint density at radius 3 is 1.51 bits per heavy atom. The molecule has 0 spiro atoms. The van der Waals surface area contributed by atoms with E-state index in [-0.39, 0.29) is 11.2 Å². The molecule has 2 aliphatic rings. The summed E-state index contributed by atoms with van der Waals surface area (Å²) in [5.74, 6) is 0.172. The summed E-state index contributed by atoms with van der Waals surface area (Å²) in [5, 5.41) is 6.09. The zero-order valence-corrected chi connectivity index (χ0v) is 37.7. The van der Waals surface area contributed by atoms with E-state index in [1.165, 1.54) is 52.5 Å². The lowest BCUT2D eigenvalue weighted by Crippen LogP contribution is -2.68. The molecule has 1 nitrogen and oxygen atoms in total. The molecule has 0 aliphatic heterocycles. The van der Waals surface area contributed by atoms with Gasteiger partial charge in [-0.1, -0.05) is 199 Å². The van der Waals surface area contributed by atoms with Gasteiger partial charge < -0.3 is 0 Å². The second-order valence-corrected chi connectivity index (χ2v) is 24.1. The molecule has 0 fully saturated rings. The summed E-state index contributed by atoms with van der Waals surface area (Å²) in [5.41, 5.74) is 7.17. The van der Waals surface area contributed by atoms with Crippen molar-refractivity contribution in [3.05, 3.63) is 265 Å². The number of benzene rings is 7. The first kappa shape index (κ1) is 40.5. The van der Waals surface area contributed by atoms with Gasteiger partial charge in [0.2, 0.25) is 0 Å². The maximum atomic E-state index is 5.77. The van der Waals surface area contributed by atoms with Crippen LogP contribution in [-0.2, 0) is 0 Å². The molecule has 0 saturated carbocycles. The third kappa shape index (κ3) is 7.60. The van der Waals surface area contributed by atoms with Crippen molar-refractivity contribution in [2.75, 3.05) is 0 Å². The van der Waals surface area contributed by atoms with Crippen molar-refractivity contribution in [2.24, 2.45) is 0 Å². The fourth-order valence-electron chi connectivity index (χ4n) is 10.4. The number of aromatic nitrogens is 1. The topological polar surface area (TPSA) is 12.9 Å². The van der Waals surface area contributed by atoms with E-state index in [2.05, 4.69) is 250 Å². The first-order valence-corrected chi connectivity index (χ1v) is 26.2. The molecular weight excluding hydrogens is 795 g/mol. The van der Waals surface area contributed by atoms with E-state index < -0.39 is 18.1 Å². The summed E-state index contributed by atoms with van der Waals surface area (Å²) in [7, 11) is -4.38. The Morgan fingerprint density at radius 2 is 1.00 bits per heavy atom. The highest BCUT2D eigenvalue weighted by Gasteiger charge is 2.44. The van der Waals surface area contributed by atoms with Gasteiger partial charge >= 0.3 is 0 Å². The van der Waals surface area contributed by atoms with Crippen LogP contribution in [0.25, 0.3) is 16.7 Å². The van der Waals surface area contributed by atoms with Crippen LogP contribution in [0.1, 0.15) is 48.6 Å². The molecule has 1 heterocycles. The number of hydrogen-bond acceptors (Lipinski definition) is 1. The van der Waals surface area contributed by atoms with Crippen molar-refractivity contribution in [2.45, 2.75) is 58.5 Å². The van der Waals surface area contributed by atoms with Crippen molar-refractivity contribution < 1.29 is 0 Å². The number of hydrogen-bond donors (Lipinski definition) is 0. The SMILES string of the molecule is Cc1ccccc1-c1cc(C2=CC(S(c3ccccc3)(c3ccccc3)c3ccccc3)CC=C2)nc(C2C=C([Si](c3ccccc3)(c3ccccc3)c3ccccc3)CCC2)c1. The van der Waals surface area contributed by atoms with E-state index in [9.17, 15) is 0 Å². The molecule has 0 bridgehead atoms. The summed E-state index contributed by atoms with van der Waals surface area (Å²) in [6.07, 6.45) is 14.2. The van der Waals surface area contributed by atoms with E-state index in [1.807, 2.05) is 0 Å². The third-order valence-electron chi connectivity index (χ3n) is 13.3. The third-order valence-corrected chi connectivity index (χ3v) is 22.5. The van der Waals surface area contributed by atoms with Gasteiger partial charge in [0.25, 0.3) is 0 Å². The predicted molar refractivity (Wildman–Crippen MR) is 270 cm³/mol. The molecule has 7 aromatic carbocycles. The number of allylic oxidation sites excluding steroid dienone is 5. The largest absolute Gasteiger partial charge is 0.252 e. The van der Waals surface area contributed by atoms with E-state index in [4.69, 9.17) is 4.98 Å². The first-order valence-electron chi connectivity index (χ1n) is 22.5. The zero-order chi connectivity index (χ0) is 42.5. The molecule has 3 heteroatoms. The minimum Gasteiger partial charge on any atom is -0.252 e. The van der Waals surface area contributed by atoms with Crippen LogP contribution in [0.3, 0.4) is 0 Å². The minimum absolute atomic E-state index is 0.172. The summed E-state index contributed by atoms with van der Waals surface area (Å²) in [6, 6.07) is 81.6. The average molecular weight is 848 g/mol. The Bertz CT molecular complexity index is 2700. The van der Waals surface area contributed by atoms with Gasteiger partial charge in [-0.3, -0.25) is 4.98 Å². The van der Waals surface area contributed by atoms with Crippen molar-refractivity contribution in [1.82, 2.24) is 4.98 Å². The summed E-state index contributed by atoms with van der Waals surface area (Å²) < 4.78 is 0. The highest BCUT2D eigenvalue weighted by atomic mass is 32.3. The number of rotatable bonds is 11. The van der Waals surface area contributed by atoms with Crippen molar-refractivity contribution in [3.8, 4) is 11.1 Å². The van der Waals surface area contributed by atoms with Gasteiger partial charge in [0, 0.05) is 16.9 Å². The Balaban J connectivity index is 1.17. The van der Waals surface area contributed by atoms with Gasteiger partial charge in [-0.05, 0) is 134 Å². The Hall–Kier alpha value is -6.52. The van der Waals surface area contributed by atoms with E-state index in [0.29, 0.717) is 0 Å². The van der Waals surface area contributed by atoms with Crippen LogP contribution in [0.2, 0.25) is 0 Å². The highest BCUT2D eigenvalue weighted by Crippen LogP contribution is 2.72. The van der Waals surface area contributed by atoms with Gasteiger partial charge in [-0.15, -0.1) is 0 Å². The monoisotopic (exact) mass is 847 g/mol. The average Bonchev–Trinajstić information content (AvgIpc) is 3.37. The molecular formula is C60H53NSSi. The lowest BCUT2D eigenvalue weighted by atomic mass is 9.89. The van der Waals surface area contributed by atoms with Crippen LogP contribution < -0.4 is 15.6 Å². The van der Waals surface area contributed by atoms with E-state index in [0.717, 1.165) is 37.1 Å². The molecule has 308 valence electrons. The Labute approximate surface area is 376 Å². The van der Waals surface area contributed by atoms with Gasteiger partial charge in [0.1, 0.15) is 0 Å². The van der Waals surface area contributed by atoms with E-state index >= 15 is 0 Å². The van der Waals surface area contributed by atoms with Crippen molar-refractivity contribution in [3.63, 3.8) is 0 Å². The molecule has 0 N–H and O–H groups in total. The molecule has 8 aromatic rings. The summed E-state index contributed by atoms with van der Waals surface area (Å²) >= 11 is 0. The Kier molecular flexibility index (Phi) is 11.6. The molecule has 10 rings (SSSR count). The lowest BCUT2D eigenvalue weighted by molar-refractivity contribution is 0.633. The molecule has 2 unspecified atom stereocenters. The fourth-order valence-corrected chi connectivity index (χ4v) is 20.0. The maximum absolute atomic E-state index is 5.77. The van der Waals surface area contributed by atoms with Crippen LogP contribution in [0.15, 0.2) is 263 Å². The molecule has 1 aromatic heterocycles. The molecule has 2 atom stereocenters. The van der Waals surface area contributed by atoms with Crippen LogP contribution in [0.5, 0.6) is 0 Å². The molecule has 63 heavy (non-hydrogen) atoms. The zero-order valence-electron chi connectivity index (χ0n) is 35.9. The molecule has 0 saturated heterocycles. The summed E-state index contributed by atoms with van der Waals surface area (Å²) in [4.78, 5) is 9.90. The molecule has 0 radical (unpaired) electrons. The van der Waals surface area contributed by atoms with Gasteiger partial charge in [0.05, 0.1) is 5.69 Å². The summed E-state index contributed by atoms with van der Waals surface area (Å²) in [6.45, 7) is 2.24. The van der Waals surface area contributed by atoms with Gasteiger partial charge in [-0.25, -0.2) is 0 Å². The number of nitrogens with zero attached hydrogens (tertiary/aromatic N) is 1. The van der Waals surface area contributed by atoms with Crippen molar-refractivity contribution in [1.29, 1.82) is 0 Å². The normalized spacial score (nSPS) is 16.8. The van der Waals surface area contributed by atoms with Crippen molar-refractivity contribution >= 4 is 39.2 Å². The van der Waals surface area contributed by atoms with E-state index in [1.54, 1.807) is 5.20 Å². The highest BCUT2D eigenvalue weighted by molar-refractivity contribution is 8.34. The van der Waals surface area contributed by atoms with Crippen LogP contribution in [0.4, 0.5) is 0 Å². The quantitative estimate of drug-likeness (QED) is 0.0933. The van der Waals surface area contributed by atoms with Crippen LogP contribution in [0, 0.1) is 6.92 Å². The van der Waals surface area contributed by atoms with Crippen LogP contribution >= 0.6 is 10.0 Å². The predicted octanol–water partition coefficient (Wildman–Crippen LogP) is 13.7. The smallest absolute Gasteiger partial charge is 0.175 e. The first-order chi connectivity index (χ1) is 31.2. The second-order valence-electron chi connectivity index (χ2n) is 16.9. The number of pyridine rings is 1. The Morgan fingerprint density at radius 1 is 0.524 bits per heavy atom. The fraction of sp³-hybridized carbons (Fsp3) is 0.117. The standard InChI is InChI=1S/C60H53NSSi/c1-46-24-20-21-41-58(46)49-44-59(47-25-22-33-53(42-47)62(50-27-8-2-9-28-50,51-29-10-3-11-30-51)52-31-12-4-13-32-52)61-60(45-49)48-26-23-40-57(43-48)63(54-34-14-5-15-35-54,55-36-16-6-17-37-55)56-38-18-7-19-39-56/h2-22,24-25,27-32,34-39,41-45,48,53H,23,26,33,40H2,1H3. The minimum atomic E-state index is -2.64. The second kappa shape index (κ2) is 18.1. The van der Waals surface area contributed by atoms with Gasteiger partial charge in [0.15, 0.2) is 8.07 Å². The number of aryl methyl sites for hydroxylation is 1. The maximum Gasteiger partial charge on any atom is 0.175 e. The molecule has 0 amide bonds. The molecule has 2 aliphatic carbocycles. The van der Waals surface area contributed by atoms with Gasteiger partial charge in [-0.2, -0.15) is 10.0 Å². The van der Waals surface area contributed by atoms with Crippen LogP contribution in [-0.4, -0.2) is 18.3 Å². The lowest BCUT2D eigenvalue weighted by Gasteiger charge is -2.47.